The van der Waals surface area contributed by atoms with E-state index in [9.17, 15) is 9.59 Å². The van der Waals surface area contributed by atoms with Gasteiger partial charge < -0.3 is 20.1 Å². The summed E-state index contributed by atoms with van der Waals surface area (Å²) >= 11 is 1.38. The van der Waals surface area contributed by atoms with Gasteiger partial charge in [-0.05, 0) is 78.5 Å². The van der Waals surface area contributed by atoms with Crippen LogP contribution in [-0.2, 0) is 6.61 Å². The molecule has 0 radical (unpaired) electrons. The van der Waals surface area contributed by atoms with Crippen LogP contribution >= 0.6 is 11.3 Å². The van der Waals surface area contributed by atoms with Crippen LogP contribution in [0.2, 0.25) is 0 Å². The van der Waals surface area contributed by atoms with Gasteiger partial charge in [0, 0.05) is 29.3 Å². The molecular weight excluding hydrogens is 450 g/mol. The van der Waals surface area contributed by atoms with E-state index in [1.165, 1.54) is 11.3 Å². The molecule has 4 aromatic rings. The smallest absolute Gasteiger partial charge is 0.265 e. The molecule has 0 spiro atoms. The quantitative estimate of drug-likeness (QED) is 0.329. The zero-order valence-corrected chi connectivity index (χ0v) is 19.3. The maximum absolute atomic E-state index is 12.8. The molecule has 0 aliphatic rings. The maximum atomic E-state index is 12.8. The Morgan fingerprint density at radius 1 is 0.853 bits per heavy atom. The third kappa shape index (κ3) is 5.99. The van der Waals surface area contributed by atoms with Crippen molar-refractivity contribution in [3.63, 3.8) is 0 Å². The van der Waals surface area contributed by atoms with Crippen molar-refractivity contribution in [1.29, 1.82) is 0 Å². The number of thiophene rings is 1. The molecule has 2 amide bonds. The number of pyridine rings is 1. The first-order valence-electron chi connectivity index (χ1n) is 10.7. The second-order valence-corrected chi connectivity index (χ2v) is 8.15. The van der Waals surface area contributed by atoms with Gasteiger partial charge in [0.15, 0.2) is 11.5 Å². The Hall–Kier alpha value is -4.17. The molecular formula is C26H23N3O4S. The summed E-state index contributed by atoms with van der Waals surface area (Å²) in [6, 6.07) is 19.4. The number of hydrogen-bond acceptors (Lipinski definition) is 6. The van der Waals surface area contributed by atoms with E-state index in [-0.39, 0.29) is 11.8 Å². The number of hydrogen-bond donors (Lipinski definition) is 2. The lowest BCUT2D eigenvalue weighted by atomic mass is 10.1. The molecule has 2 aromatic heterocycles. The van der Waals surface area contributed by atoms with Crippen LogP contribution < -0.4 is 20.1 Å². The number of nitrogens with one attached hydrogen (secondary N) is 2. The molecule has 0 saturated heterocycles. The molecule has 7 nitrogen and oxygen atoms in total. The first-order chi connectivity index (χ1) is 16.6. The molecule has 0 saturated carbocycles. The highest BCUT2D eigenvalue weighted by atomic mass is 32.1. The van der Waals surface area contributed by atoms with E-state index in [2.05, 4.69) is 15.6 Å². The van der Waals surface area contributed by atoms with Crippen molar-refractivity contribution in [3.05, 3.63) is 101 Å². The lowest BCUT2D eigenvalue weighted by Gasteiger charge is -2.14. The van der Waals surface area contributed by atoms with Crippen LogP contribution in [0.4, 0.5) is 11.4 Å². The molecule has 0 bridgehead atoms. The van der Waals surface area contributed by atoms with Crippen LogP contribution in [0.15, 0.2) is 84.5 Å². The maximum Gasteiger partial charge on any atom is 0.265 e. The topological polar surface area (TPSA) is 89.6 Å². The van der Waals surface area contributed by atoms with Crippen molar-refractivity contribution in [2.75, 3.05) is 17.2 Å². The van der Waals surface area contributed by atoms with Crippen molar-refractivity contribution in [3.8, 4) is 11.5 Å². The van der Waals surface area contributed by atoms with Gasteiger partial charge in [-0.1, -0.05) is 6.07 Å². The number of amides is 2. The summed E-state index contributed by atoms with van der Waals surface area (Å²) in [5, 5.41) is 7.54. The monoisotopic (exact) mass is 473 g/mol. The van der Waals surface area contributed by atoms with Crippen LogP contribution in [0.1, 0.15) is 32.5 Å². The lowest BCUT2D eigenvalue weighted by molar-refractivity contribution is 0.101. The average Bonchev–Trinajstić information content (AvgIpc) is 3.41. The van der Waals surface area contributed by atoms with E-state index in [1.807, 2.05) is 30.5 Å². The summed E-state index contributed by atoms with van der Waals surface area (Å²) in [4.78, 5) is 29.6. The third-order valence-electron chi connectivity index (χ3n) is 4.80. The highest BCUT2D eigenvalue weighted by Gasteiger charge is 2.13. The lowest BCUT2D eigenvalue weighted by Crippen LogP contribution is -2.13. The Morgan fingerprint density at radius 3 is 2.21 bits per heavy atom. The van der Waals surface area contributed by atoms with Gasteiger partial charge in [-0.3, -0.25) is 14.6 Å². The van der Waals surface area contributed by atoms with Crippen LogP contribution in [0, 0.1) is 0 Å². The second-order valence-electron chi connectivity index (χ2n) is 7.20. The Bertz CT molecular complexity index is 1240. The van der Waals surface area contributed by atoms with E-state index < -0.39 is 0 Å². The van der Waals surface area contributed by atoms with E-state index in [0.717, 1.165) is 5.56 Å². The van der Waals surface area contributed by atoms with Gasteiger partial charge in [0.25, 0.3) is 11.8 Å². The molecule has 0 aliphatic heterocycles. The Balaban J connectivity index is 1.39. The highest BCUT2D eigenvalue weighted by molar-refractivity contribution is 7.12. The fourth-order valence-corrected chi connectivity index (χ4v) is 3.74. The van der Waals surface area contributed by atoms with Crippen molar-refractivity contribution < 1.29 is 19.1 Å². The van der Waals surface area contributed by atoms with Crippen LogP contribution in [0.3, 0.4) is 0 Å². The Labute approximate surface area is 201 Å². The normalized spacial score (nSPS) is 10.4. The molecule has 0 atom stereocenters. The minimum Gasteiger partial charge on any atom is -0.490 e. The van der Waals surface area contributed by atoms with E-state index in [4.69, 9.17) is 9.47 Å². The van der Waals surface area contributed by atoms with Gasteiger partial charge >= 0.3 is 0 Å². The first kappa shape index (κ1) is 23.0. The predicted octanol–water partition coefficient (Wildman–Crippen LogP) is 5.63. The molecule has 8 heteroatoms. The molecule has 0 aliphatic carbocycles. The van der Waals surface area contributed by atoms with Gasteiger partial charge in [-0.15, -0.1) is 11.3 Å². The summed E-state index contributed by atoms with van der Waals surface area (Å²) in [6.07, 6.45) is 3.42. The Morgan fingerprint density at radius 2 is 1.56 bits per heavy atom. The summed E-state index contributed by atoms with van der Waals surface area (Å²) in [7, 11) is 0. The number of carbonyl (C=O) groups is 2. The summed E-state index contributed by atoms with van der Waals surface area (Å²) in [5.74, 6) is 0.607. The minimum atomic E-state index is -0.281. The van der Waals surface area contributed by atoms with Gasteiger partial charge in [0.2, 0.25) is 0 Å². The molecule has 4 rings (SSSR count). The number of carbonyl (C=O) groups excluding carboxylic acids is 2. The van der Waals surface area contributed by atoms with Gasteiger partial charge in [-0.2, -0.15) is 0 Å². The first-order valence-corrected chi connectivity index (χ1v) is 11.5. The molecule has 2 N–H and O–H groups in total. The number of nitrogens with zero attached hydrogens (tertiary/aromatic N) is 1. The van der Waals surface area contributed by atoms with E-state index in [0.29, 0.717) is 46.5 Å². The number of ether oxygens (including phenoxy) is 2. The largest absolute Gasteiger partial charge is 0.490 e. The zero-order chi connectivity index (χ0) is 23.8. The predicted molar refractivity (Wildman–Crippen MR) is 133 cm³/mol. The van der Waals surface area contributed by atoms with Crippen molar-refractivity contribution in [2.24, 2.45) is 0 Å². The van der Waals surface area contributed by atoms with Crippen molar-refractivity contribution in [2.45, 2.75) is 13.5 Å². The number of rotatable bonds is 9. The SMILES string of the molecule is CCOc1cc(C(=O)Nc2ccc(NC(=O)c3cccs3)cc2)ccc1OCc1ccncc1. The fourth-order valence-electron chi connectivity index (χ4n) is 3.12. The van der Waals surface area contributed by atoms with Crippen LogP contribution in [-0.4, -0.2) is 23.4 Å². The number of anilines is 2. The molecule has 2 aromatic carbocycles. The van der Waals surface area contributed by atoms with E-state index in [1.54, 1.807) is 60.9 Å². The van der Waals surface area contributed by atoms with Gasteiger partial charge in [-0.25, -0.2) is 0 Å². The van der Waals surface area contributed by atoms with Crippen molar-refractivity contribution in [1.82, 2.24) is 4.98 Å². The number of benzene rings is 2. The number of aromatic nitrogens is 1. The average molecular weight is 474 g/mol. The summed E-state index contributed by atoms with van der Waals surface area (Å²) < 4.78 is 11.6. The summed E-state index contributed by atoms with van der Waals surface area (Å²) in [6.45, 7) is 2.68. The third-order valence-corrected chi connectivity index (χ3v) is 5.66. The van der Waals surface area contributed by atoms with Crippen LogP contribution in [0.25, 0.3) is 0 Å². The highest BCUT2D eigenvalue weighted by Crippen LogP contribution is 2.30. The van der Waals surface area contributed by atoms with Crippen molar-refractivity contribution >= 4 is 34.5 Å². The summed E-state index contributed by atoms with van der Waals surface area (Å²) in [5.41, 5.74) is 2.67. The molecule has 34 heavy (non-hydrogen) atoms. The standard InChI is InChI=1S/C26H23N3O4S/c1-2-32-23-16-19(5-10-22(23)33-17-18-11-13-27-14-12-18)25(30)28-20-6-8-21(9-7-20)29-26(31)24-4-3-15-34-24/h3-16H,2,17H2,1H3,(H,28,30)(H,29,31). The molecule has 172 valence electrons. The van der Waals surface area contributed by atoms with Gasteiger partial charge in [0.05, 0.1) is 11.5 Å². The van der Waals surface area contributed by atoms with E-state index >= 15 is 0 Å². The van der Waals surface area contributed by atoms with Crippen LogP contribution in [0.5, 0.6) is 11.5 Å². The molecule has 0 unspecified atom stereocenters. The second kappa shape index (κ2) is 11.1. The van der Waals surface area contributed by atoms with Gasteiger partial charge in [0.1, 0.15) is 6.61 Å². The minimum absolute atomic E-state index is 0.165. The molecule has 2 heterocycles. The zero-order valence-electron chi connectivity index (χ0n) is 18.5. The Kier molecular flexibility index (Phi) is 7.52. The fraction of sp³-hybridized carbons (Fsp3) is 0.115. The molecule has 0 fully saturated rings.